The lowest BCUT2D eigenvalue weighted by Gasteiger charge is -2.31. The zero-order valence-electron chi connectivity index (χ0n) is 12.2. The fourth-order valence-electron chi connectivity index (χ4n) is 2.62. The number of carbonyl (C=O) groups excluding carboxylic acids is 1. The first-order valence-corrected chi connectivity index (χ1v) is 7.49. The average Bonchev–Trinajstić information content (AvgIpc) is 2.48. The molecule has 0 spiro atoms. The number of hydrogen-bond acceptors (Lipinski definition) is 2. The molecule has 0 atom stereocenters. The molecule has 0 aliphatic carbocycles. The number of likely N-dealkylation sites (N-methyl/N-ethyl adjacent to an activating group) is 1. The number of halogens is 4. The van der Waals surface area contributed by atoms with Crippen molar-refractivity contribution in [2.75, 3.05) is 20.1 Å². The molecule has 0 saturated carbocycles. The summed E-state index contributed by atoms with van der Waals surface area (Å²) in [6.45, 7) is 1.68. The maximum Gasteiger partial charge on any atom is 0.417 e. The van der Waals surface area contributed by atoms with Crippen LogP contribution in [0.5, 0.6) is 0 Å². The van der Waals surface area contributed by atoms with Crippen LogP contribution in [0.4, 0.5) is 13.2 Å². The van der Waals surface area contributed by atoms with Gasteiger partial charge in [0.25, 0.3) is 0 Å². The molecule has 1 aromatic carbocycles. The Labute approximate surface area is 132 Å². The SMILES string of the molecule is CN(C(=O)Cc1cccc(C(F)(F)F)c1Cl)C1CCNCC1. The van der Waals surface area contributed by atoms with Crippen LogP contribution in [-0.2, 0) is 17.4 Å². The molecule has 1 saturated heterocycles. The molecular formula is C15H18ClF3N2O. The second-order valence-electron chi connectivity index (χ2n) is 5.44. The molecule has 7 heteroatoms. The highest BCUT2D eigenvalue weighted by atomic mass is 35.5. The maximum absolute atomic E-state index is 12.8. The van der Waals surface area contributed by atoms with Gasteiger partial charge in [-0.3, -0.25) is 4.79 Å². The Morgan fingerprint density at radius 2 is 2.00 bits per heavy atom. The topological polar surface area (TPSA) is 32.3 Å². The predicted molar refractivity (Wildman–Crippen MR) is 78.8 cm³/mol. The van der Waals surface area contributed by atoms with Crippen LogP contribution >= 0.6 is 11.6 Å². The monoisotopic (exact) mass is 334 g/mol. The van der Waals surface area contributed by atoms with Gasteiger partial charge in [0.1, 0.15) is 0 Å². The third-order valence-electron chi connectivity index (χ3n) is 3.98. The van der Waals surface area contributed by atoms with E-state index in [4.69, 9.17) is 11.6 Å². The molecule has 1 aliphatic heterocycles. The Morgan fingerprint density at radius 1 is 1.36 bits per heavy atom. The summed E-state index contributed by atoms with van der Waals surface area (Å²) in [5.41, 5.74) is -0.689. The lowest BCUT2D eigenvalue weighted by atomic mass is 10.0. The van der Waals surface area contributed by atoms with Crippen molar-refractivity contribution in [3.63, 3.8) is 0 Å². The van der Waals surface area contributed by atoms with E-state index in [-0.39, 0.29) is 29.0 Å². The lowest BCUT2D eigenvalue weighted by molar-refractivity contribution is -0.138. The second kappa shape index (κ2) is 6.87. The molecule has 3 nitrogen and oxygen atoms in total. The van der Waals surface area contributed by atoms with Gasteiger partial charge < -0.3 is 10.2 Å². The Hall–Kier alpha value is -1.27. The molecular weight excluding hydrogens is 317 g/mol. The number of piperidine rings is 1. The molecule has 1 amide bonds. The van der Waals surface area contributed by atoms with Gasteiger partial charge in [0.15, 0.2) is 0 Å². The summed E-state index contributed by atoms with van der Waals surface area (Å²) in [4.78, 5) is 13.9. The number of benzene rings is 1. The van der Waals surface area contributed by atoms with Crippen molar-refractivity contribution in [2.24, 2.45) is 0 Å². The Kier molecular flexibility index (Phi) is 5.34. The number of carbonyl (C=O) groups is 1. The summed E-state index contributed by atoms with van der Waals surface area (Å²) >= 11 is 5.83. The minimum atomic E-state index is -4.52. The summed E-state index contributed by atoms with van der Waals surface area (Å²) in [6, 6.07) is 3.79. The van der Waals surface area contributed by atoms with Crippen LogP contribution in [0.15, 0.2) is 18.2 Å². The van der Waals surface area contributed by atoms with Crippen LogP contribution in [0.3, 0.4) is 0 Å². The first-order valence-electron chi connectivity index (χ1n) is 7.11. The Morgan fingerprint density at radius 3 is 2.59 bits per heavy atom. The van der Waals surface area contributed by atoms with Crippen molar-refractivity contribution in [3.05, 3.63) is 34.3 Å². The first kappa shape index (κ1) is 17.1. The Bertz CT molecular complexity index is 542. The van der Waals surface area contributed by atoms with Crippen molar-refractivity contribution in [2.45, 2.75) is 31.5 Å². The molecule has 0 aromatic heterocycles. The summed E-state index contributed by atoms with van der Waals surface area (Å²) in [5.74, 6) is -0.215. The van der Waals surface area contributed by atoms with E-state index < -0.39 is 11.7 Å². The second-order valence-corrected chi connectivity index (χ2v) is 5.82. The van der Waals surface area contributed by atoms with Gasteiger partial charge in [-0.05, 0) is 37.6 Å². The molecule has 1 heterocycles. The molecule has 1 fully saturated rings. The lowest BCUT2D eigenvalue weighted by Crippen LogP contribution is -2.44. The largest absolute Gasteiger partial charge is 0.417 e. The molecule has 0 unspecified atom stereocenters. The number of nitrogens with zero attached hydrogens (tertiary/aromatic N) is 1. The van der Waals surface area contributed by atoms with Gasteiger partial charge in [0, 0.05) is 13.1 Å². The Balaban J connectivity index is 2.11. The quantitative estimate of drug-likeness (QED) is 0.921. The fraction of sp³-hybridized carbons (Fsp3) is 0.533. The fourth-order valence-corrected chi connectivity index (χ4v) is 2.92. The molecule has 2 rings (SSSR count). The highest BCUT2D eigenvalue weighted by Crippen LogP contribution is 2.36. The van der Waals surface area contributed by atoms with Crippen LogP contribution in [0.1, 0.15) is 24.0 Å². The number of hydrogen-bond donors (Lipinski definition) is 1. The normalized spacial score (nSPS) is 16.6. The molecule has 1 aliphatic rings. The van der Waals surface area contributed by atoms with Crippen LogP contribution in [0, 0.1) is 0 Å². The van der Waals surface area contributed by atoms with Crippen molar-refractivity contribution < 1.29 is 18.0 Å². The zero-order valence-corrected chi connectivity index (χ0v) is 13.0. The summed E-state index contributed by atoms with van der Waals surface area (Å²) < 4.78 is 38.5. The zero-order chi connectivity index (χ0) is 16.3. The van der Waals surface area contributed by atoms with Gasteiger partial charge >= 0.3 is 6.18 Å². The summed E-state index contributed by atoms with van der Waals surface area (Å²) in [5, 5.41) is 2.82. The van der Waals surface area contributed by atoms with Crippen molar-refractivity contribution in [3.8, 4) is 0 Å². The van der Waals surface area contributed by atoms with Crippen molar-refractivity contribution in [1.29, 1.82) is 0 Å². The third-order valence-corrected chi connectivity index (χ3v) is 4.42. The van der Waals surface area contributed by atoms with E-state index in [2.05, 4.69) is 5.32 Å². The van der Waals surface area contributed by atoms with E-state index >= 15 is 0 Å². The summed E-state index contributed by atoms with van der Waals surface area (Å²) in [7, 11) is 1.69. The van der Waals surface area contributed by atoms with Gasteiger partial charge in [-0.1, -0.05) is 23.7 Å². The van der Waals surface area contributed by atoms with E-state index in [0.717, 1.165) is 32.0 Å². The van der Waals surface area contributed by atoms with Gasteiger partial charge in [-0.25, -0.2) is 0 Å². The number of amides is 1. The molecule has 122 valence electrons. The van der Waals surface area contributed by atoms with Crippen LogP contribution in [-0.4, -0.2) is 37.0 Å². The van der Waals surface area contributed by atoms with Crippen molar-refractivity contribution in [1.82, 2.24) is 10.2 Å². The summed E-state index contributed by atoms with van der Waals surface area (Å²) in [6.07, 6.45) is -2.95. The van der Waals surface area contributed by atoms with E-state index in [0.29, 0.717) is 0 Å². The third kappa shape index (κ3) is 3.93. The molecule has 1 aromatic rings. The highest BCUT2D eigenvalue weighted by molar-refractivity contribution is 6.32. The van der Waals surface area contributed by atoms with Crippen LogP contribution in [0.25, 0.3) is 0 Å². The first-order chi connectivity index (χ1) is 10.3. The minimum absolute atomic E-state index is 0.122. The average molecular weight is 335 g/mol. The van der Waals surface area contributed by atoms with E-state index in [1.807, 2.05) is 0 Å². The van der Waals surface area contributed by atoms with Gasteiger partial charge in [-0.15, -0.1) is 0 Å². The standard InChI is InChI=1S/C15H18ClF3N2O/c1-21(11-5-7-20-8-6-11)13(22)9-10-3-2-4-12(14(10)16)15(17,18)19/h2-4,11,20H,5-9H2,1H3. The van der Waals surface area contributed by atoms with Crippen molar-refractivity contribution >= 4 is 17.5 Å². The molecule has 22 heavy (non-hydrogen) atoms. The molecule has 1 N–H and O–H groups in total. The predicted octanol–water partition coefficient (Wildman–Crippen LogP) is 3.11. The smallest absolute Gasteiger partial charge is 0.342 e. The van der Waals surface area contributed by atoms with Gasteiger partial charge in [-0.2, -0.15) is 13.2 Å². The number of alkyl halides is 3. The number of nitrogens with one attached hydrogen (secondary N) is 1. The van der Waals surface area contributed by atoms with Crippen LogP contribution in [0.2, 0.25) is 5.02 Å². The van der Waals surface area contributed by atoms with Gasteiger partial charge in [0.2, 0.25) is 5.91 Å². The minimum Gasteiger partial charge on any atom is -0.342 e. The molecule has 0 bridgehead atoms. The number of rotatable bonds is 3. The van der Waals surface area contributed by atoms with E-state index in [1.54, 1.807) is 11.9 Å². The van der Waals surface area contributed by atoms with E-state index in [9.17, 15) is 18.0 Å². The highest BCUT2D eigenvalue weighted by Gasteiger charge is 2.34. The van der Waals surface area contributed by atoms with Crippen LogP contribution < -0.4 is 5.32 Å². The molecule has 0 radical (unpaired) electrons. The maximum atomic E-state index is 12.8. The van der Waals surface area contributed by atoms with E-state index in [1.165, 1.54) is 12.1 Å². The van der Waals surface area contributed by atoms with Gasteiger partial charge in [0.05, 0.1) is 17.0 Å².